The van der Waals surface area contributed by atoms with Crippen molar-refractivity contribution >= 4 is 0 Å². The van der Waals surface area contributed by atoms with Crippen molar-refractivity contribution in [1.82, 2.24) is 10.2 Å². The van der Waals surface area contributed by atoms with Gasteiger partial charge in [-0.05, 0) is 44.3 Å². The predicted octanol–water partition coefficient (Wildman–Crippen LogP) is 1.73. The first-order valence-corrected chi connectivity index (χ1v) is 6.34. The Labute approximate surface area is 108 Å². The van der Waals surface area contributed by atoms with Crippen LogP contribution in [-0.2, 0) is 4.74 Å². The molecule has 1 heterocycles. The number of likely N-dealkylation sites (N-methyl/N-ethyl adjacent to an activating group) is 2. The van der Waals surface area contributed by atoms with E-state index in [9.17, 15) is 4.39 Å². The number of hydrogen-bond donors (Lipinski definition) is 1. The van der Waals surface area contributed by atoms with Crippen LogP contribution in [0.2, 0.25) is 0 Å². The Bertz CT molecular complexity index is 391. The first kappa shape index (κ1) is 13.5. The van der Waals surface area contributed by atoms with E-state index in [4.69, 9.17) is 4.74 Å². The normalized spacial score (nSPS) is 23.0. The molecule has 1 aliphatic heterocycles. The number of nitrogens with zero attached hydrogens (tertiary/aromatic N) is 1. The molecule has 1 aromatic rings. The SMILES string of the molecule is CNC(c1cc(C)cc(F)c1)C1CN(C)CCO1. The molecule has 0 aromatic heterocycles. The van der Waals surface area contributed by atoms with E-state index in [-0.39, 0.29) is 18.0 Å². The minimum absolute atomic E-state index is 0.0298. The molecule has 0 spiro atoms. The maximum Gasteiger partial charge on any atom is 0.123 e. The summed E-state index contributed by atoms with van der Waals surface area (Å²) >= 11 is 0. The van der Waals surface area contributed by atoms with E-state index in [0.29, 0.717) is 0 Å². The Balaban J connectivity index is 2.21. The number of morpholine rings is 1. The van der Waals surface area contributed by atoms with E-state index in [1.807, 2.05) is 20.0 Å². The van der Waals surface area contributed by atoms with Gasteiger partial charge in [0, 0.05) is 13.1 Å². The molecular weight excluding hydrogens is 231 g/mol. The topological polar surface area (TPSA) is 24.5 Å². The molecule has 2 unspecified atom stereocenters. The molecule has 0 saturated carbocycles. The number of aryl methyl sites for hydroxylation is 1. The summed E-state index contributed by atoms with van der Waals surface area (Å²) in [5.41, 5.74) is 1.89. The number of ether oxygens (including phenoxy) is 1. The third kappa shape index (κ3) is 3.07. The molecule has 1 aliphatic rings. The quantitative estimate of drug-likeness (QED) is 0.886. The zero-order valence-corrected chi connectivity index (χ0v) is 11.2. The van der Waals surface area contributed by atoms with Crippen LogP contribution in [-0.4, -0.2) is 44.8 Å². The highest BCUT2D eigenvalue weighted by molar-refractivity contribution is 5.27. The second-order valence-corrected chi connectivity index (χ2v) is 5.00. The lowest BCUT2D eigenvalue weighted by molar-refractivity contribution is -0.0380. The van der Waals surface area contributed by atoms with Crippen LogP contribution < -0.4 is 5.32 Å². The van der Waals surface area contributed by atoms with Crippen LogP contribution in [0, 0.1) is 12.7 Å². The van der Waals surface area contributed by atoms with Gasteiger partial charge < -0.3 is 15.0 Å². The summed E-state index contributed by atoms with van der Waals surface area (Å²) in [6.45, 7) is 4.46. The van der Waals surface area contributed by atoms with Crippen molar-refractivity contribution in [2.24, 2.45) is 0 Å². The van der Waals surface area contributed by atoms with Gasteiger partial charge in [0.15, 0.2) is 0 Å². The second-order valence-electron chi connectivity index (χ2n) is 5.00. The average Bonchev–Trinajstić information content (AvgIpc) is 2.28. The fourth-order valence-electron chi connectivity index (χ4n) is 2.52. The highest BCUT2D eigenvalue weighted by Gasteiger charge is 2.27. The summed E-state index contributed by atoms with van der Waals surface area (Å²) in [7, 11) is 3.97. The maximum atomic E-state index is 13.5. The largest absolute Gasteiger partial charge is 0.374 e. The van der Waals surface area contributed by atoms with Gasteiger partial charge in [-0.1, -0.05) is 6.07 Å². The van der Waals surface area contributed by atoms with Crippen molar-refractivity contribution in [3.63, 3.8) is 0 Å². The molecule has 18 heavy (non-hydrogen) atoms. The zero-order chi connectivity index (χ0) is 13.1. The van der Waals surface area contributed by atoms with E-state index >= 15 is 0 Å². The minimum Gasteiger partial charge on any atom is -0.374 e. The lowest BCUT2D eigenvalue weighted by Crippen LogP contribution is -2.46. The molecule has 1 aromatic carbocycles. The van der Waals surface area contributed by atoms with Crippen LogP contribution in [0.3, 0.4) is 0 Å². The first-order chi connectivity index (χ1) is 8.60. The molecule has 4 heteroatoms. The van der Waals surface area contributed by atoms with Gasteiger partial charge in [-0.3, -0.25) is 0 Å². The van der Waals surface area contributed by atoms with E-state index in [2.05, 4.69) is 17.3 Å². The van der Waals surface area contributed by atoms with E-state index < -0.39 is 0 Å². The fraction of sp³-hybridized carbons (Fsp3) is 0.571. The third-order valence-corrected chi connectivity index (χ3v) is 3.40. The van der Waals surface area contributed by atoms with Gasteiger partial charge in [0.1, 0.15) is 5.82 Å². The Morgan fingerprint density at radius 2 is 2.22 bits per heavy atom. The molecular formula is C14H21FN2O. The van der Waals surface area contributed by atoms with Crippen molar-refractivity contribution in [2.75, 3.05) is 33.8 Å². The van der Waals surface area contributed by atoms with Crippen molar-refractivity contribution in [3.05, 3.63) is 35.1 Å². The standard InChI is InChI=1S/C14H21FN2O/c1-10-6-11(8-12(15)7-10)14(16-2)13-9-17(3)4-5-18-13/h6-8,13-14,16H,4-5,9H2,1-3H3. The van der Waals surface area contributed by atoms with Gasteiger partial charge in [-0.25, -0.2) is 4.39 Å². The van der Waals surface area contributed by atoms with Crippen LogP contribution >= 0.6 is 0 Å². The van der Waals surface area contributed by atoms with Crippen molar-refractivity contribution in [1.29, 1.82) is 0 Å². The first-order valence-electron chi connectivity index (χ1n) is 6.34. The van der Waals surface area contributed by atoms with Crippen molar-refractivity contribution < 1.29 is 9.13 Å². The Morgan fingerprint density at radius 1 is 1.44 bits per heavy atom. The molecule has 2 rings (SSSR count). The molecule has 1 saturated heterocycles. The summed E-state index contributed by atoms with van der Waals surface area (Å²) in [6, 6.07) is 5.18. The average molecular weight is 252 g/mol. The van der Waals surface area contributed by atoms with Crippen molar-refractivity contribution in [2.45, 2.75) is 19.1 Å². The van der Waals surface area contributed by atoms with E-state index in [1.165, 1.54) is 0 Å². The number of rotatable bonds is 3. The lowest BCUT2D eigenvalue weighted by Gasteiger charge is -2.35. The maximum absolute atomic E-state index is 13.5. The monoisotopic (exact) mass is 252 g/mol. The van der Waals surface area contributed by atoms with Gasteiger partial charge in [0.2, 0.25) is 0 Å². The summed E-state index contributed by atoms with van der Waals surface area (Å²) in [5, 5.41) is 3.24. The fourth-order valence-corrected chi connectivity index (χ4v) is 2.52. The summed E-state index contributed by atoms with van der Waals surface area (Å²) in [4.78, 5) is 2.24. The van der Waals surface area contributed by atoms with E-state index in [0.717, 1.165) is 30.8 Å². The highest BCUT2D eigenvalue weighted by Crippen LogP contribution is 2.23. The Morgan fingerprint density at radius 3 is 2.83 bits per heavy atom. The summed E-state index contributed by atoms with van der Waals surface area (Å²) in [5.74, 6) is -0.186. The minimum atomic E-state index is -0.186. The molecule has 2 atom stereocenters. The number of benzene rings is 1. The molecule has 1 N–H and O–H groups in total. The van der Waals surface area contributed by atoms with Crippen LogP contribution in [0.15, 0.2) is 18.2 Å². The molecule has 3 nitrogen and oxygen atoms in total. The Hall–Kier alpha value is -0.970. The number of hydrogen-bond acceptors (Lipinski definition) is 3. The molecule has 1 fully saturated rings. The van der Waals surface area contributed by atoms with Gasteiger partial charge in [0.05, 0.1) is 18.8 Å². The van der Waals surface area contributed by atoms with Gasteiger partial charge >= 0.3 is 0 Å². The Kier molecular flexibility index (Phi) is 4.32. The van der Waals surface area contributed by atoms with Crippen LogP contribution in [0.25, 0.3) is 0 Å². The van der Waals surface area contributed by atoms with Crippen LogP contribution in [0.4, 0.5) is 4.39 Å². The molecule has 0 aliphatic carbocycles. The molecule has 0 bridgehead atoms. The summed E-state index contributed by atoms with van der Waals surface area (Å²) < 4.78 is 19.3. The molecule has 100 valence electrons. The van der Waals surface area contributed by atoms with Crippen LogP contribution in [0.5, 0.6) is 0 Å². The molecule has 0 radical (unpaired) electrons. The third-order valence-electron chi connectivity index (χ3n) is 3.40. The van der Waals surface area contributed by atoms with Gasteiger partial charge in [0.25, 0.3) is 0 Å². The van der Waals surface area contributed by atoms with Gasteiger partial charge in [-0.2, -0.15) is 0 Å². The van der Waals surface area contributed by atoms with Gasteiger partial charge in [-0.15, -0.1) is 0 Å². The summed E-state index contributed by atoms with van der Waals surface area (Å²) in [6.07, 6.45) is 0.0648. The number of halogens is 1. The molecule has 0 amide bonds. The predicted molar refractivity (Wildman–Crippen MR) is 70.2 cm³/mol. The van der Waals surface area contributed by atoms with E-state index in [1.54, 1.807) is 12.1 Å². The van der Waals surface area contributed by atoms with Crippen molar-refractivity contribution in [3.8, 4) is 0 Å². The zero-order valence-electron chi connectivity index (χ0n) is 11.2. The number of nitrogens with one attached hydrogen (secondary N) is 1. The smallest absolute Gasteiger partial charge is 0.123 e. The van der Waals surface area contributed by atoms with Crippen LogP contribution in [0.1, 0.15) is 17.2 Å². The highest BCUT2D eigenvalue weighted by atomic mass is 19.1. The lowest BCUT2D eigenvalue weighted by atomic mass is 9.98. The second kappa shape index (κ2) is 5.78.